The lowest BCUT2D eigenvalue weighted by atomic mass is 10.0. The van der Waals surface area contributed by atoms with Crippen molar-refractivity contribution in [1.82, 2.24) is 71.8 Å². The fraction of sp³-hybridized carbons (Fsp3) is 0.514. The number of carboxylic acid groups (broad SMARTS) is 8. The second-order valence-corrected chi connectivity index (χ2v) is 26.4. The summed E-state index contributed by atoms with van der Waals surface area (Å²) in [6.07, 6.45) is 4.11. The third-order valence-corrected chi connectivity index (χ3v) is 17.6. The average molecular weight is 1530 g/mol. The van der Waals surface area contributed by atoms with Gasteiger partial charge in [0.15, 0.2) is 5.11 Å². The molecule has 1 aromatic heterocycles. The summed E-state index contributed by atoms with van der Waals surface area (Å²) in [5, 5.41) is 110. The minimum atomic E-state index is -1.58. The van der Waals surface area contributed by atoms with Crippen molar-refractivity contribution in [2.75, 3.05) is 102 Å². The van der Waals surface area contributed by atoms with E-state index in [1.165, 1.54) is 10.9 Å². The van der Waals surface area contributed by atoms with Crippen molar-refractivity contribution in [1.29, 1.82) is 0 Å². The molecule has 4 aromatic rings. The molecule has 1 fully saturated rings. The zero-order valence-corrected chi connectivity index (χ0v) is 60.8. The molecule has 1 aliphatic rings. The third kappa shape index (κ3) is 35.0. The Kier molecular flexibility index (Phi) is 38.1. The summed E-state index contributed by atoms with van der Waals surface area (Å²) in [5.74, 6) is -11.7. The number of benzene rings is 3. The van der Waals surface area contributed by atoms with Gasteiger partial charge >= 0.3 is 59.8 Å². The minimum Gasteiger partial charge on any atom is -0.481 e. The number of unbranched alkanes of at least 4 members (excludes halogenated alkanes) is 3. The van der Waals surface area contributed by atoms with Crippen molar-refractivity contribution in [3.63, 3.8) is 0 Å². The van der Waals surface area contributed by atoms with Gasteiger partial charge in [-0.2, -0.15) is 0 Å². The van der Waals surface area contributed by atoms with Crippen LogP contribution in [0.2, 0.25) is 0 Å². The number of hydrogen-bond donors (Lipinski definition) is 17. The molecule has 0 spiro atoms. The topological polar surface area (TPSA) is 536 Å². The van der Waals surface area contributed by atoms with Gasteiger partial charge in [0, 0.05) is 101 Å². The molecule has 3 aromatic carbocycles. The largest absolute Gasteiger partial charge is 0.481 e. The zero-order chi connectivity index (χ0) is 79.1. The van der Waals surface area contributed by atoms with Crippen molar-refractivity contribution in [2.45, 2.75) is 140 Å². The van der Waals surface area contributed by atoms with Crippen molar-refractivity contribution in [3.05, 3.63) is 95.7 Å². The summed E-state index contributed by atoms with van der Waals surface area (Å²) < 4.78 is 1.25. The number of urea groups is 2. The van der Waals surface area contributed by atoms with Crippen LogP contribution in [0, 0.1) is 6.92 Å². The maximum Gasteiger partial charge on any atom is 0.326 e. The van der Waals surface area contributed by atoms with Crippen LogP contribution in [-0.4, -0.2) is 280 Å². The maximum absolute atomic E-state index is 14.1. The zero-order valence-electron chi connectivity index (χ0n) is 60.0. The minimum absolute atomic E-state index is 0.00484. The average Bonchev–Trinajstić information content (AvgIpc) is 1.61. The lowest BCUT2D eigenvalue weighted by molar-refractivity contribution is -0.142. The van der Waals surface area contributed by atoms with E-state index in [0.717, 1.165) is 23.1 Å². The van der Waals surface area contributed by atoms with Gasteiger partial charge in [0.25, 0.3) is 0 Å². The lowest BCUT2D eigenvalue weighted by Gasteiger charge is -2.37. The van der Waals surface area contributed by atoms with E-state index in [9.17, 15) is 98.1 Å². The Morgan fingerprint density at radius 2 is 1.01 bits per heavy atom. The number of aliphatic carboxylic acids is 8. The molecule has 2 heterocycles. The van der Waals surface area contributed by atoms with Gasteiger partial charge in [-0.25, -0.2) is 28.7 Å². The van der Waals surface area contributed by atoms with Gasteiger partial charge in [-0.15, -0.1) is 5.10 Å². The van der Waals surface area contributed by atoms with E-state index in [0.29, 0.717) is 61.2 Å². The number of aryl methyl sites for hydroxylation is 2. The smallest absolute Gasteiger partial charge is 0.326 e. The third-order valence-electron chi connectivity index (χ3n) is 17.3. The molecule has 5 atom stereocenters. The Morgan fingerprint density at radius 1 is 0.481 bits per heavy atom. The normalized spacial score (nSPS) is 15.0. The highest BCUT2D eigenvalue weighted by Crippen LogP contribution is 2.23. The summed E-state index contributed by atoms with van der Waals surface area (Å²) in [6, 6.07) is 13.5. The van der Waals surface area contributed by atoms with Crippen LogP contribution in [0.1, 0.15) is 100 Å². The second kappa shape index (κ2) is 46.9. The Balaban J connectivity index is 1.19. The summed E-state index contributed by atoms with van der Waals surface area (Å²) in [6.45, 7) is 1.46. The first-order valence-electron chi connectivity index (χ1n) is 35.3. The number of amides is 7. The van der Waals surface area contributed by atoms with Crippen molar-refractivity contribution in [2.24, 2.45) is 0 Å². The number of hydrogen-bond acceptors (Lipinski definition) is 20. The standard InChI is InChI=1S/C70H98N16O21S/c1-45-17-19-46(20-18-45)10-8-16-57(87)71-27-5-3-14-53(65(100)101)78-64(99)52(77-58(88)40-86-56(38-74-81-86)48-11-9-12-50(37-48)75-68(106)72-28-6-4-15-54(66(102)103)79-69(107)80-55(67(104)105)25-26-59(89)90)13-2-7-29-73-70(108)76-49-23-21-47(22-24-49)36-51-39-84(43-62(95)96)33-32-82(41-60(91)92)30-31-83(42-61(93)94)34-35-85(51)44-63(97)98/h9,11-12,17-24,37-38,51-55H,2-8,10,13-16,25-36,39-44H2,1H3,(H,71,87)(H,77,88)(H,78,99)(H,89,90)(H,91,92)(H,93,94)(H,95,96)(H,97,98)(H,100,101)(H,102,103)(H,104,105)(H2,72,75,106)(H2,73,76,108)(H2,79,80,107)/t51?,52-,53-,54-,55-/m0/s1. The first kappa shape index (κ1) is 87.7. The van der Waals surface area contributed by atoms with E-state index >= 15 is 0 Å². The Bertz CT molecular complexity index is 3680. The fourth-order valence-electron chi connectivity index (χ4n) is 11.7. The van der Waals surface area contributed by atoms with E-state index in [4.69, 9.17) is 17.3 Å². The van der Waals surface area contributed by atoms with Crippen molar-refractivity contribution < 1.29 is 103 Å². The van der Waals surface area contributed by atoms with Gasteiger partial charge in [0.2, 0.25) is 17.7 Å². The summed E-state index contributed by atoms with van der Waals surface area (Å²) in [4.78, 5) is 167. The van der Waals surface area contributed by atoms with E-state index in [2.05, 4.69) is 58.2 Å². The number of aromatic nitrogens is 3. The van der Waals surface area contributed by atoms with Crippen LogP contribution in [-0.2, 0) is 72.1 Å². The molecule has 7 amide bonds. The molecule has 0 aliphatic carbocycles. The highest BCUT2D eigenvalue weighted by molar-refractivity contribution is 7.80. The Morgan fingerprint density at radius 3 is 1.59 bits per heavy atom. The fourth-order valence-corrected chi connectivity index (χ4v) is 11.9. The number of carbonyl (C=O) groups is 13. The van der Waals surface area contributed by atoms with Crippen molar-refractivity contribution >= 4 is 106 Å². The van der Waals surface area contributed by atoms with Gasteiger partial charge in [-0.3, -0.25) is 58.0 Å². The van der Waals surface area contributed by atoms with E-state index in [1.807, 2.05) is 31.2 Å². The van der Waals surface area contributed by atoms with Crippen LogP contribution in [0.25, 0.3) is 11.3 Å². The van der Waals surface area contributed by atoms with E-state index < -0.39 is 134 Å². The molecule has 108 heavy (non-hydrogen) atoms. The predicted molar refractivity (Wildman–Crippen MR) is 394 cm³/mol. The molecular weight excluding hydrogens is 1430 g/mol. The van der Waals surface area contributed by atoms with Crippen LogP contribution in [0.4, 0.5) is 21.0 Å². The van der Waals surface area contributed by atoms with Crippen LogP contribution in [0.5, 0.6) is 0 Å². The van der Waals surface area contributed by atoms with Gasteiger partial charge in [-0.1, -0.05) is 59.3 Å². The van der Waals surface area contributed by atoms with Gasteiger partial charge in [-0.05, 0) is 138 Å². The Hall–Kier alpha value is -11.0. The first-order chi connectivity index (χ1) is 51.5. The number of anilines is 2. The first-order valence-corrected chi connectivity index (χ1v) is 35.7. The number of nitrogens with zero attached hydrogens (tertiary/aromatic N) is 7. The lowest BCUT2D eigenvalue weighted by Crippen LogP contribution is -2.53. The quantitative estimate of drug-likeness (QED) is 0.0221. The van der Waals surface area contributed by atoms with Gasteiger partial charge < -0.3 is 88.7 Å². The molecule has 17 N–H and O–H groups in total. The number of carbonyl (C=O) groups excluding carboxylic acids is 5. The summed E-state index contributed by atoms with van der Waals surface area (Å²) in [7, 11) is 0. The Labute approximate surface area is 627 Å². The van der Waals surface area contributed by atoms with Crippen LogP contribution in [0.3, 0.4) is 0 Å². The predicted octanol–water partition coefficient (Wildman–Crippen LogP) is 1.61. The second-order valence-electron chi connectivity index (χ2n) is 26.0. The van der Waals surface area contributed by atoms with Crippen LogP contribution >= 0.6 is 12.2 Å². The highest BCUT2D eigenvalue weighted by atomic mass is 32.1. The molecule has 37 nitrogen and oxygen atoms in total. The summed E-state index contributed by atoms with van der Waals surface area (Å²) >= 11 is 5.62. The number of thiocarbonyl (C=S) groups is 1. The SMILES string of the molecule is Cc1ccc(CCCC(=O)NCCCC[C@H](NC(=O)[C@H](CCCCNC(=S)Nc2ccc(CC3CN(CC(=O)O)CCN(CC(=O)O)CCN(CC(=O)O)CCN3CC(=O)O)cc2)NC(=O)Cn2nncc2-c2cccc(NC(=O)NCCCC[C@H](NC(=O)N[C@@H](CCC(=O)O)C(=O)O)C(=O)O)c2)C(=O)O)cc1. The van der Waals surface area contributed by atoms with Gasteiger partial charge in [0.05, 0.1) is 38.1 Å². The molecule has 0 radical (unpaired) electrons. The molecule has 0 saturated carbocycles. The number of nitrogens with one attached hydrogen (secondary N) is 9. The van der Waals surface area contributed by atoms with Gasteiger partial charge in [0.1, 0.15) is 30.7 Å². The molecule has 5 rings (SSSR count). The molecule has 1 unspecified atom stereocenters. The van der Waals surface area contributed by atoms with E-state index in [1.54, 1.807) is 68.1 Å². The highest BCUT2D eigenvalue weighted by Gasteiger charge is 2.31. The van der Waals surface area contributed by atoms with E-state index in [-0.39, 0.29) is 128 Å². The molecule has 1 saturated heterocycles. The molecular formula is C70H98N16O21S. The van der Waals surface area contributed by atoms with Crippen LogP contribution in [0.15, 0.2) is 79.0 Å². The maximum atomic E-state index is 14.1. The molecule has 0 bridgehead atoms. The molecule has 590 valence electrons. The number of rotatable bonds is 45. The molecule has 1 aliphatic heterocycles. The number of carboxylic acids is 8. The molecule has 38 heteroatoms. The van der Waals surface area contributed by atoms with Crippen LogP contribution < -0.4 is 47.9 Å². The monoisotopic (exact) mass is 1530 g/mol. The summed E-state index contributed by atoms with van der Waals surface area (Å²) in [5.41, 5.74) is 4.63. The van der Waals surface area contributed by atoms with Crippen molar-refractivity contribution in [3.8, 4) is 11.3 Å².